The van der Waals surface area contributed by atoms with E-state index in [4.69, 9.17) is 26.1 Å². The largest absolute Gasteiger partial charge is 0.492 e. The lowest BCUT2D eigenvalue weighted by atomic mass is 10.1. The van der Waals surface area contributed by atoms with Crippen LogP contribution < -0.4 is 10.3 Å². The first kappa shape index (κ1) is 24.9. The second kappa shape index (κ2) is 10.0. The Balaban J connectivity index is 1.30. The highest BCUT2D eigenvalue weighted by Gasteiger charge is 2.27. The van der Waals surface area contributed by atoms with Crippen molar-refractivity contribution in [1.29, 1.82) is 0 Å². The number of amides is 1. The predicted octanol–water partition coefficient (Wildman–Crippen LogP) is 3.94. The normalized spacial score (nSPS) is 19.8. The van der Waals surface area contributed by atoms with Crippen LogP contribution in [0.25, 0.3) is 21.8 Å². The molecule has 2 aromatic carbocycles. The summed E-state index contributed by atoms with van der Waals surface area (Å²) in [6, 6.07) is 11.0. The highest BCUT2D eigenvalue weighted by molar-refractivity contribution is 6.32. The number of aromatic nitrogens is 4. The van der Waals surface area contributed by atoms with Gasteiger partial charge in [-0.25, -0.2) is 9.67 Å². The minimum absolute atomic E-state index is 0.0549. The van der Waals surface area contributed by atoms with Crippen molar-refractivity contribution in [2.75, 3.05) is 19.7 Å². The standard InChI is InChI=1S/C28H30ClN5O4/c1-16-12-33(13-17(2)38-16)27(35)14-34-28(36)20-6-4-3-5-19(20)22(32-34)11-26-30-23-9-21(29)25(10-24(23)31-26)37-15-18-7-8-18/h3-6,9-10,16-18H,7-8,11-15H2,1-2H3,(H,30,31)/t16-,17+. The van der Waals surface area contributed by atoms with E-state index in [0.717, 1.165) is 16.4 Å². The van der Waals surface area contributed by atoms with Gasteiger partial charge >= 0.3 is 0 Å². The number of H-pyrrole nitrogens is 1. The molecule has 1 amide bonds. The maximum absolute atomic E-state index is 13.3. The van der Waals surface area contributed by atoms with Crippen LogP contribution in [-0.2, 0) is 22.5 Å². The molecule has 1 aliphatic carbocycles. The van der Waals surface area contributed by atoms with Crippen molar-refractivity contribution < 1.29 is 14.3 Å². The van der Waals surface area contributed by atoms with Crippen molar-refractivity contribution in [2.24, 2.45) is 5.92 Å². The molecular weight excluding hydrogens is 506 g/mol. The zero-order valence-corrected chi connectivity index (χ0v) is 22.2. The molecule has 198 valence electrons. The molecule has 6 rings (SSSR count). The van der Waals surface area contributed by atoms with Crippen molar-refractivity contribution in [3.8, 4) is 5.75 Å². The van der Waals surface area contributed by atoms with Crippen LogP contribution in [0.1, 0.15) is 38.2 Å². The Hall–Kier alpha value is -3.43. The second-order valence-corrected chi connectivity index (χ2v) is 10.8. The fraction of sp³-hybridized carbons (Fsp3) is 0.429. The number of fused-ring (bicyclic) bond motifs is 2. The number of benzene rings is 2. The molecule has 0 radical (unpaired) electrons. The summed E-state index contributed by atoms with van der Waals surface area (Å²) in [5.74, 6) is 1.79. The molecule has 2 aliphatic rings. The number of morpholine rings is 1. The van der Waals surface area contributed by atoms with Gasteiger partial charge in [0.2, 0.25) is 5.91 Å². The van der Waals surface area contributed by atoms with E-state index in [9.17, 15) is 9.59 Å². The zero-order valence-electron chi connectivity index (χ0n) is 21.4. The molecule has 1 N–H and O–H groups in total. The Morgan fingerprint density at radius 2 is 1.89 bits per heavy atom. The Morgan fingerprint density at radius 3 is 2.63 bits per heavy atom. The number of hydrogen-bond donors (Lipinski definition) is 1. The van der Waals surface area contributed by atoms with Crippen LogP contribution >= 0.6 is 11.6 Å². The summed E-state index contributed by atoms with van der Waals surface area (Å²) in [7, 11) is 0. The molecule has 38 heavy (non-hydrogen) atoms. The van der Waals surface area contributed by atoms with Crippen molar-refractivity contribution in [1.82, 2.24) is 24.6 Å². The number of rotatable bonds is 7. The van der Waals surface area contributed by atoms with Gasteiger partial charge in [-0.2, -0.15) is 5.10 Å². The molecule has 2 aromatic heterocycles. The molecule has 2 fully saturated rings. The van der Waals surface area contributed by atoms with Crippen molar-refractivity contribution in [3.63, 3.8) is 0 Å². The highest BCUT2D eigenvalue weighted by Crippen LogP contribution is 2.33. The molecule has 3 heterocycles. The van der Waals surface area contributed by atoms with E-state index in [1.165, 1.54) is 17.5 Å². The first-order chi connectivity index (χ1) is 18.3. The number of hydrogen-bond acceptors (Lipinski definition) is 6. The first-order valence-corrected chi connectivity index (χ1v) is 13.4. The molecule has 2 atom stereocenters. The number of nitrogens with one attached hydrogen (secondary N) is 1. The number of halogens is 1. The molecule has 1 saturated heterocycles. The van der Waals surface area contributed by atoms with Crippen molar-refractivity contribution in [2.45, 2.75) is 51.9 Å². The predicted molar refractivity (Wildman–Crippen MR) is 145 cm³/mol. The summed E-state index contributed by atoms with van der Waals surface area (Å²) < 4.78 is 12.9. The van der Waals surface area contributed by atoms with Gasteiger partial charge in [-0.3, -0.25) is 9.59 Å². The minimum atomic E-state index is -0.291. The Kier molecular flexibility index (Phi) is 6.57. The quantitative estimate of drug-likeness (QED) is 0.384. The highest BCUT2D eigenvalue weighted by atomic mass is 35.5. The van der Waals surface area contributed by atoms with E-state index >= 15 is 0 Å². The van der Waals surface area contributed by atoms with Gasteiger partial charge < -0.3 is 19.4 Å². The van der Waals surface area contributed by atoms with Crippen LogP contribution in [-0.4, -0.2) is 62.5 Å². The SMILES string of the molecule is C[C@@H]1CN(C(=O)Cn2nc(Cc3nc4cc(Cl)c(OCC5CC5)cc4[nH]3)c3ccccc3c2=O)C[C@H](C)O1. The van der Waals surface area contributed by atoms with E-state index in [2.05, 4.69) is 10.1 Å². The van der Waals surface area contributed by atoms with Crippen LogP contribution in [0.15, 0.2) is 41.2 Å². The summed E-state index contributed by atoms with van der Waals surface area (Å²) in [5.41, 5.74) is 1.92. The summed E-state index contributed by atoms with van der Waals surface area (Å²) in [6.45, 7) is 5.41. The summed E-state index contributed by atoms with van der Waals surface area (Å²) in [4.78, 5) is 36.2. The number of nitrogens with zero attached hydrogens (tertiary/aromatic N) is 4. The molecule has 9 nitrogen and oxygen atoms in total. The first-order valence-electron chi connectivity index (χ1n) is 13.1. The third-order valence-corrected chi connectivity index (χ3v) is 7.39. The molecule has 0 spiro atoms. The smallest absolute Gasteiger partial charge is 0.275 e. The zero-order chi connectivity index (χ0) is 26.4. The molecule has 4 aromatic rings. The lowest BCUT2D eigenvalue weighted by Gasteiger charge is -2.35. The maximum atomic E-state index is 13.3. The number of imidazole rings is 1. The number of aromatic amines is 1. The van der Waals surface area contributed by atoms with Gasteiger partial charge in [0.1, 0.15) is 18.1 Å². The fourth-order valence-corrected chi connectivity index (χ4v) is 5.27. The average molecular weight is 536 g/mol. The topological polar surface area (TPSA) is 102 Å². The molecular formula is C28H30ClN5O4. The molecule has 10 heteroatoms. The van der Waals surface area contributed by atoms with E-state index < -0.39 is 0 Å². The van der Waals surface area contributed by atoms with Crippen LogP contribution in [0, 0.1) is 5.92 Å². The monoisotopic (exact) mass is 535 g/mol. The van der Waals surface area contributed by atoms with Crippen LogP contribution in [0.5, 0.6) is 5.75 Å². The fourth-order valence-electron chi connectivity index (χ4n) is 5.06. The van der Waals surface area contributed by atoms with Crippen LogP contribution in [0.3, 0.4) is 0 Å². The number of carbonyl (C=O) groups excluding carboxylic acids is 1. The average Bonchev–Trinajstić information content (AvgIpc) is 3.64. The van der Waals surface area contributed by atoms with Crippen molar-refractivity contribution in [3.05, 3.63) is 63.3 Å². The summed E-state index contributed by atoms with van der Waals surface area (Å²) in [5, 5.41) is 6.43. The molecule has 1 aliphatic heterocycles. The Labute approximate surface area is 224 Å². The van der Waals surface area contributed by atoms with Crippen LogP contribution in [0.2, 0.25) is 5.02 Å². The van der Waals surface area contributed by atoms with Gasteiger partial charge in [0, 0.05) is 24.5 Å². The van der Waals surface area contributed by atoms with Crippen molar-refractivity contribution >= 4 is 39.3 Å². The molecule has 0 unspecified atom stereocenters. The van der Waals surface area contributed by atoms with E-state index in [-0.39, 0.29) is 30.2 Å². The molecule has 0 bridgehead atoms. The lowest BCUT2D eigenvalue weighted by molar-refractivity contribution is -0.144. The Morgan fingerprint density at radius 1 is 1.16 bits per heavy atom. The summed E-state index contributed by atoms with van der Waals surface area (Å²) in [6.07, 6.45) is 2.65. The Bertz CT molecular complexity index is 1570. The van der Waals surface area contributed by atoms with Gasteiger partial charge in [0.15, 0.2) is 0 Å². The third kappa shape index (κ3) is 5.13. The summed E-state index contributed by atoms with van der Waals surface area (Å²) >= 11 is 6.45. The van der Waals surface area contributed by atoms with Gasteiger partial charge in [0.25, 0.3) is 5.56 Å². The second-order valence-electron chi connectivity index (χ2n) is 10.4. The van der Waals surface area contributed by atoms with Gasteiger partial charge in [-0.05, 0) is 44.7 Å². The van der Waals surface area contributed by atoms with Gasteiger partial charge in [-0.15, -0.1) is 0 Å². The number of carbonyl (C=O) groups is 1. The van der Waals surface area contributed by atoms with E-state index in [1.807, 2.05) is 38.1 Å². The van der Waals surface area contributed by atoms with Crippen LogP contribution in [0.4, 0.5) is 0 Å². The van der Waals surface area contributed by atoms with Gasteiger partial charge in [-0.1, -0.05) is 29.8 Å². The third-order valence-electron chi connectivity index (χ3n) is 7.09. The minimum Gasteiger partial charge on any atom is -0.492 e. The lowest BCUT2D eigenvalue weighted by Crippen LogP contribution is -2.49. The molecule has 1 saturated carbocycles. The van der Waals surface area contributed by atoms with Gasteiger partial charge in [0.05, 0.1) is 52.4 Å². The number of ether oxygens (including phenoxy) is 2. The van der Waals surface area contributed by atoms with E-state index in [1.54, 1.807) is 17.0 Å². The maximum Gasteiger partial charge on any atom is 0.275 e. The van der Waals surface area contributed by atoms with E-state index in [0.29, 0.717) is 59.7 Å².